The summed E-state index contributed by atoms with van der Waals surface area (Å²) in [6, 6.07) is 9.89. The van der Waals surface area contributed by atoms with Crippen molar-refractivity contribution in [1.82, 2.24) is 10.6 Å². The van der Waals surface area contributed by atoms with E-state index >= 15 is 0 Å². The largest absolute Gasteiger partial charge is 0.493 e. The molecule has 1 fully saturated rings. The third kappa shape index (κ3) is 4.18. The Hall–Kier alpha value is -3.10. The lowest BCUT2D eigenvalue weighted by molar-refractivity contribution is 0.0600. The van der Waals surface area contributed by atoms with Gasteiger partial charge in [0, 0.05) is 12.1 Å². The highest BCUT2D eigenvalue weighted by molar-refractivity contribution is 6.01. The Morgan fingerprint density at radius 1 is 0.897 bits per heavy atom. The van der Waals surface area contributed by atoms with Crippen molar-refractivity contribution in [1.29, 1.82) is 0 Å². The fraction of sp³-hybridized carbons (Fsp3) is 0.333. The summed E-state index contributed by atoms with van der Waals surface area (Å²) in [6.45, 7) is 0.457. The van der Waals surface area contributed by atoms with Crippen molar-refractivity contribution in [2.24, 2.45) is 0 Å². The van der Waals surface area contributed by atoms with Crippen LogP contribution in [0.3, 0.4) is 0 Å². The second kappa shape index (κ2) is 8.93. The molecule has 0 aromatic heterocycles. The smallest absolute Gasteiger partial charge is 0.337 e. The van der Waals surface area contributed by atoms with Crippen molar-refractivity contribution >= 4 is 11.8 Å². The first kappa shape index (κ1) is 20.6. The van der Waals surface area contributed by atoms with Gasteiger partial charge in [-0.3, -0.25) is 15.4 Å². The Morgan fingerprint density at radius 3 is 2.03 bits per heavy atom. The predicted octanol–water partition coefficient (Wildman–Crippen LogP) is 1.94. The average Bonchev–Trinajstić information content (AvgIpc) is 3.27. The molecule has 0 aliphatic carbocycles. The number of nitrogens with one attached hydrogen (secondary N) is 2. The first-order chi connectivity index (χ1) is 14.0. The molecule has 8 heteroatoms. The van der Waals surface area contributed by atoms with Gasteiger partial charge in [0.2, 0.25) is 5.75 Å². The van der Waals surface area contributed by atoms with Crippen molar-refractivity contribution < 1.29 is 28.5 Å². The first-order valence-electron chi connectivity index (χ1n) is 9.04. The third-order valence-corrected chi connectivity index (χ3v) is 4.82. The van der Waals surface area contributed by atoms with E-state index < -0.39 is 6.04 Å². The van der Waals surface area contributed by atoms with Crippen molar-refractivity contribution in [2.45, 2.75) is 12.2 Å². The van der Waals surface area contributed by atoms with E-state index in [-0.39, 0.29) is 17.9 Å². The van der Waals surface area contributed by atoms with E-state index in [1.807, 2.05) is 12.1 Å². The molecule has 154 valence electrons. The fourth-order valence-corrected chi connectivity index (χ4v) is 3.29. The summed E-state index contributed by atoms with van der Waals surface area (Å²) in [5, 5.41) is 6.56. The van der Waals surface area contributed by atoms with Crippen molar-refractivity contribution in [3.05, 3.63) is 53.1 Å². The van der Waals surface area contributed by atoms with Gasteiger partial charge < -0.3 is 18.9 Å². The summed E-state index contributed by atoms with van der Waals surface area (Å²) in [5.41, 5.74) is 1.85. The van der Waals surface area contributed by atoms with E-state index in [2.05, 4.69) is 10.6 Å². The van der Waals surface area contributed by atoms with Crippen LogP contribution in [0.5, 0.6) is 17.2 Å². The topological polar surface area (TPSA) is 95.1 Å². The molecule has 1 heterocycles. The zero-order valence-corrected chi connectivity index (χ0v) is 16.8. The molecule has 2 atom stereocenters. The van der Waals surface area contributed by atoms with Gasteiger partial charge in [-0.25, -0.2) is 4.79 Å². The highest BCUT2D eigenvalue weighted by Gasteiger charge is 2.31. The van der Waals surface area contributed by atoms with Crippen LogP contribution in [-0.4, -0.2) is 52.8 Å². The van der Waals surface area contributed by atoms with Crippen LogP contribution in [0.15, 0.2) is 36.4 Å². The summed E-state index contributed by atoms with van der Waals surface area (Å²) >= 11 is 0. The maximum atomic E-state index is 13.0. The van der Waals surface area contributed by atoms with Crippen LogP contribution in [-0.2, 0) is 4.74 Å². The molecule has 0 spiro atoms. The number of carbonyl (C=O) groups excluding carboxylic acids is 2. The molecule has 3 rings (SSSR count). The van der Waals surface area contributed by atoms with Crippen LogP contribution in [0, 0.1) is 0 Å². The normalized spacial score (nSPS) is 18.2. The number of benzene rings is 2. The van der Waals surface area contributed by atoms with Gasteiger partial charge in [-0.1, -0.05) is 12.1 Å². The van der Waals surface area contributed by atoms with Crippen LogP contribution in [0.2, 0.25) is 0 Å². The molecule has 1 aliphatic heterocycles. The Labute approximate surface area is 169 Å². The molecule has 0 bridgehead atoms. The number of rotatable bonds is 7. The summed E-state index contributed by atoms with van der Waals surface area (Å²) in [7, 11) is 5.87. The lowest BCUT2D eigenvalue weighted by Gasteiger charge is -2.16. The number of hydrogen-bond acceptors (Lipinski definition) is 8. The van der Waals surface area contributed by atoms with E-state index in [1.54, 1.807) is 24.3 Å². The number of hydrogen-bond donors (Lipinski definition) is 2. The van der Waals surface area contributed by atoms with Gasteiger partial charge in [0.15, 0.2) is 17.3 Å². The van der Waals surface area contributed by atoms with Crippen LogP contribution in [0.25, 0.3) is 0 Å². The summed E-state index contributed by atoms with van der Waals surface area (Å²) < 4.78 is 20.7. The molecule has 8 nitrogen and oxygen atoms in total. The maximum absolute atomic E-state index is 13.0. The molecule has 29 heavy (non-hydrogen) atoms. The molecule has 1 aliphatic rings. The molecule has 2 N–H and O–H groups in total. The molecule has 0 radical (unpaired) electrons. The summed E-state index contributed by atoms with van der Waals surface area (Å²) in [5.74, 6) is 0.810. The van der Waals surface area contributed by atoms with Crippen LogP contribution < -0.4 is 24.8 Å². The molecule has 0 amide bonds. The molecule has 0 saturated carbocycles. The fourth-order valence-electron chi connectivity index (χ4n) is 3.29. The molecule has 1 saturated heterocycles. The molecular weight excluding hydrogens is 376 g/mol. The van der Waals surface area contributed by atoms with E-state index in [1.165, 1.54) is 28.4 Å². The van der Waals surface area contributed by atoms with Crippen LogP contribution >= 0.6 is 0 Å². The number of ether oxygens (including phenoxy) is 4. The Kier molecular flexibility index (Phi) is 6.36. The van der Waals surface area contributed by atoms with Gasteiger partial charge in [0.05, 0.1) is 46.2 Å². The second-order valence-electron chi connectivity index (χ2n) is 6.45. The molecular formula is C21H24N2O6. The minimum absolute atomic E-state index is 0.0922. The standard InChI is InChI=1S/C21H24N2O6/c1-26-16-9-14(10-17(27-2)19(16)28-3)18(24)15-11-22-20(23-15)12-5-7-13(8-6-12)21(25)29-4/h5-10,15,20,22-23H,11H2,1-4H3. The highest BCUT2D eigenvalue weighted by Crippen LogP contribution is 2.38. The third-order valence-electron chi connectivity index (χ3n) is 4.82. The van der Waals surface area contributed by atoms with E-state index in [9.17, 15) is 9.59 Å². The molecule has 2 unspecified atom stereocenters. The van der Waals surface area contributed by atoms with Gasteiger partial charge in [-0.15, -0.1) is 0 Å². The number of carbonyl (C=O) groups is 2. The summed E-state index contributed by atoms with van der Waals surface area (Å²) in [6.07, 6.45) is -0.210. The molecule has 2 aromatic rings. The zero-order chi connectivity index (χ0) is 21.0. The zero-order valence-electron chi connectivity index (χ0n) is 16.8. The van der Waals surface area contributed by atoms with E-state index in [4.69, 9.17) is 18.9 Å². The van der Waals surface area contributed by atoms with E-state index in [0.717, 1.165) is 5.56 Å². The number of esters is 1. The van der Waals surface area contributed by atoms with Crippen molar-refractivity contribution in [3.63, 3.8) is 0 Å². The quantitative estimate of drug-likeness (QED) is 0.538. The first-order valence-corrected chi connectivity index (χ1v) is 9.04. The Bertz CT molecular complexity index is 872. The van der Waals surface area contributed by atoms with Crippen LogP contribution in [0.4, 0.5) is 0 Å². The van der Waals surface area contributed by atoms with Gasteiger partial charge in [0.1, 0.15) is 0 Å². The maximum Gasteiger partial charge on any atom is 0.337 e. The number of ketones is 1. The van der Waals surface area contributed by atoms with Gasteiger partial charge in [0.25, 0.3) is 0 Å². The lowest BCUT2D eigenvalue weighted by atomic mass is 10.0. The number of Topliss-reactive ketones (excluding diaryl/α,β-unsaturated/α-hetero) is 1. The Balaban J connectivity index is 1.76. The van der Waals surface area contributed by atoms with Gasteiger partial charge in [-0.2, -0.15) is 0 Å². The minimum Gasteiger partial charge on any atom is -0.493 e. The SMILES string of the molecule is COC(=O)c1ccc(C2NCC(C(=O)c3cc(OC)c(OC)c(OC)c3)N2)cc1. The molecule has 2 aromatic carbocycles. The Morgan fingerprint density at radius 2 is 1.52 bits per heavy atom. The second-order valence-corrected chi connectivity index (χ2v) is 6.45. The monoisotopic (exact) mass is 400 g/mol. The van der Waals surface area contributed by atoms with Gasteiger partial charge in [-0.05, 0) is 29.8 Å². The predicted molar refractivity (Wildman–Crippen MR) is 106 cm³/mol. The van der Waals surface area contributed by atoms with E-state index in [0.29, 0.717) is 34.9 Å². The summed E-state index contributed by atoms with van der Waals surface area (Å²) in [4.78, 5) is 24.6. The highest BCUT2D eigenvalue weighted by atomic mass is 16.5. The average molecular weight is 400 g/mol. The van der Waals surface area contributed by atoms with Crippen molar-refractivity contribution in [3.8, 4) is 17.2 Å². The van der Waals surface area contributed by atoms with Crippen LogP contribution in [0.1, 0.15) is 32.4 Å². The minimum atomic E-state index is -0.428. The van der Waals surface area contributed by atoms with Gasteiger partial charge >= 0.3 is 5.97 Å². The number of methoxy groups -OCH3 is 4. The lowest BCUT2D eigenvalue weighted by Crippen LogP contribution is -2.34. The van der Waals surface area contributed by atoms with Crippen molar-refractivity contribution in [2.75, 3.05) is 35.0 Å².